The summed E-state index contributed by atoms with van der Waals surface area (Å²) in [5.41, 5.74) is 0. The van der Waals surface area contributed by atoms with Crippen molar-refractivity contribution >= 4 is 33.6 Å². The standard InChI is InChI=1S/C95H160O16P2/c1-4-7-10-13-16-19-22-25-28-30-32-34-36-38-40-41-42-43-44-45-46-47-49-51-52-54-56-58-61-63-66-69-72-75-78-81-93(98)105-84-90(96)85-107-112(101,102)108-86-91(97)87-109-113(103,104)110-89-92(111-95(100)83-80-77-74-71-68-65-60-27-24-21-18-15-12-9-6-3)88-106-94(99)82-79-76-73-70-67-64-62-59-57-55-53-50-48-39-37-35-33-31-29-26-23-20-17-14-11-8-5-2/h7-12,16-21,25-29,32-35,38-40,48,53,55,60,90-92,96-97H,4-6,13-15,22-24,30-31,36-37,41-47,49-52,54,56-59,61-89H2,1-3H3,(H,101,102)(H,103,104)/b10-7-,11-8-,12-9-,19-16-,20-17-,21-18-,28-25-,29-26-,34-32-,35-33-,40-38-,48-39-,55-53-,60-27-. The van der Waals surface area contributed by atoms with Gasteiger partial charge in [0, 0.05) is 19.3 Å². The smallest absolute Gasteiger partial charge is 0.463 e. The Hall–Kier alpha value is -5.09. The second-order valence-corrected chi connectivity index (χ2v) is 32.2. The molecule has 0 aromatic carbocycles. The SMILES string of the molecule is CC/C=C\C/C=C\C/C=C\C/C=C\C/C=C\C/C=C\CCCCCCCCCCC(=O)OCC(COP(=O)(O)OCC(O)COP(=O)(O)OCC(O)COC(=O)CCCCCCCCCCCCCCCCCCCCC/C=C\C/C=C\C/C=C\C/C=C\C/C=C\CC)OC(=O)CCCCCCC/C=C\C/C=C\C/C=C\CC. The zero-order chi connectivity index (χ0) is 82.2. The van der Waals surface area contributed by atoms with Crippen LogP contribution in [0.1, 0.15) is 355 Å². The van der Waals surface area contributed by atoms with Crippen molar-refractivity contribution in [2.75, 3.05) is 39.6 Å². The van der Waals surface area contributed by atoms with Gasteiger partial charge in [-0.15, -0.1) is 0 Å². The lowest BCUT2D eigenvalue weighted by Crippen LogP contribution is -2.30. The molecule has 0 amide bonds. The van der Waals surface area contributed by atoms with Crippen LogP contribution < -0.4 is 0 Å². The summed E-state index contributed by atoms with van der Waals surface area (Å²) >= 11 is 0. The summed E-state index contributed by atoms with van der Waals surface area (Å²) in [6, 6.07) is 0. The number of unbranched alkanes of at least 4 members (excludes halogenated alkanes) is 32. The Morgan fingerprint density at radius 1 is 0.248 bits per heavy atom. The molecule has 16 nitrogen and oxygen atoms in total. The molecule has 0 saturated heterocycles. The van der Waals surface area contributed by atoms with E-state index >= 15 is 0 Å². The molecule has 0 rings (SSSR count). The molecule has 0 aliphatic rings. The maximum absolute atomic E-state index is 13.0. The molecule has 0 saturated carbocycles. The number of esters is 3. The van der Waals surface area contributed by atoms with E-state index in [1.807, 2.05) is 0 Å². The van der Waals surface area contributed by atoms with Crippen LogP contribution in [0, 0.1) is 0 Å². The quantitative estimate of drug-likeness (QED) is 0.0146. The van der Waals surface area contributed by atoms with Gasteiger partial charge in [0.05, 0.1) is 26.4 Å². The first-order valence-electron chi connectivity index (χ1n) is 44.4. The van der Waals surface area contributed by atoms with Crippen LogP contribution in [0.25, 0.3) is 0 Å². The van der Waals surface area contributed by atoms with E-state index in [2.05, 4.69) is 191 Å². The second kappa shape index (κ2) is 86.3. The lowest BCUT2D eigenvalue weighted by molar-refractivity contribution is -0.161. The molecule has 0 aromatic heterocycles. The van der Waals surface area contributed by atoms with E-state index in [1.54, 1.807) is 0 Å². The monoisotopic (exact) mass is 1620 g/mol. The Balaban J connectivity index is 4.45. The van der Waals surface area contributed by atoms with E-state index in [9.17, 15) is 43.5 Å². The molecular weight excluding hydrogens is 1460 g/mol. The largest absolute Gasteiger partial charge is 0.472 e. The van der Waals surface area contributed by atoms with Crippen LogP contribution in [-0.4, -0.2) is 95.9 Å². The minimum Gasteiger partial charge on any atom is -0.463 e. The van der Waals surface area contributed by atoms with Gasteiger partial charge in [-0.2, -0.15) is 0 Å². The molecule has 5 atom stereocenters. The van der Waals surface area contributed by atoms with Gasteiger partial charge >= 0.3 is 33.6 Å². The van der Waals surface area contributed by atoms with E-state index in [0.717, 1.165) is 186 Å². The number of carbonyl (C=O) groups excluding carboxylic acids is 3. The number of allylic oxidation sites excluding steroid dienone is 28. The minimum atomic E-state index is -4.95. The number of hydrogen-bond donors (Lipinski definition) is 4. The van der Waals surface area contributed by atoms with Crippen molar-refractivity contribution in [3.8, 4) is 0 Å². The summed E-state index contributed by atoms with van der Waals surface area (Å²) in [4.78, 5) is 58.8. The molecule has 0 fully saturated rings. The number of phosphoric acid groups is 2. The third-order valence-corrected chi connectivity index (χ3v) is 20.3. The lowest BCUT2D eigenvalue weighted by Gasteiger charge is -2.21. The molecule has 0 aliphatic heterocycles. The van der Waals surface area contributed by atoms with Crippen LogP contribution in [0.2, 0.25) is 0 Å². The first-order chi connectivity index (χ1) is 55.2. The van der Waals surface area contributed by atoms with E-state index in [0.29, 0.717) is 19.3 Å². The van der Waals surface area contributed by atoms with Gasteiger partial charge in [0.15, 0.2) is 6.10 Å². The maximum Gasteiger partial charge on any atom is 0.472 e. The Bertz CT molecular complexity index is 2730. The molecule has 18 heteroatoms. The third-order valence-electron chi connectivity index (χ3n) is 18.4. The van der Waals surface area contributed by atoms with Gasteiger partial charge in [-0.3, -0.25) is 32.5 Å². The molecule has 0 aliphatic carbocycles. The average molecular weight is 1620 g/mol. The predicted octanol–water partition coefficient (Wildman–Crippen LogP) is 27.1. The summed E-state index contributed by atoms with van der Waals surface area (Å²) in [5.74, 6) is -1.60. The summed E-state index contributed by atoms with van der Waals surface area (Å²) in [7, 11) is -9.81. The van der Waals surface area contributed by atoms with Gasteiger partial charge < -0.3 is 34.2 Å². The number of rotatable bonds is 83. The van der Waals surface area contributed by atoms with Gasteiger partial charge in [0.25, 0.3) is 0 Å². The van der Waals surface area contributed by atoms with Gasteiger partial charge in [-0.1, -0.05) is 358 Å². The number of carbonyl (C=O) groups is 3. The van der Waals surface area contributed by atoms with Crippen molar-refractivity contribution in [1.82, 2.24) is 0 Å². The first kappa shape index (κ1) is 108. The molecule has 0 radical (unpaired) electrons. The van der Waals surface area contributed by atoms with E-state index < -0.39 is 91.5 Å². The van der Waals surface area contributed by atoms with E-state index in [4.69, 9.17) is 32.3 Å². The Kier molecular flexibility index (Phi) is 82.4. The maximum atomic E-state index is 13.0. The van der Waals surface area contributed by atoms with Crippen molar-refractivity contribution < 1.29 is 75.8 Å². The van der Waals surface area contributed by atoms with Crippen molar-refractivity contribution in [3.63, 3.8) is 0 Å². The Morgan fingerprint density at radius 3 is 0.699 bits per heavy atom. The van der Waals surface area contributed by atoms with Crippen molar-refractivity contribution in [1.29, 1.82) is 0 Å². The number of hydrogen-bond acceptors (Lipinski definition) is 14. The fraction of sp³-hybridized carbons (Fsp3) is 0.674. The summed E-state index contributed by atoms with van der Waals surface area (Å²) in [5, 5.41) is 20.7. The first-order valence-corrected chi connectivity index (χ1v) is 47.4. The predicted molar refractivity (Wildman–Crippen MR) is 472 cm³/mol. The molecule has 646 valence electrons. The zero-order valence-corrected chi connectivity index (χ0v) is 72.8. The molecule has 0 heterocycles. The summed E-state index contributed by atoms with van der Waals surface area (Å²) < 4.78 is 61.3. The van der Waals surface area contributed by atoms with Crippen molar-refractivity contribution in [2.24, 2.45) is 0 Å². The van der Waals surface area contributed by atoms with E-state index in [1.165, 1.54) is 109 Å². The number of phosphoric ester groups is 2. The number of aliphatic hydroxyl groups is 2. The van der Waals surface area contributed by atoms with Crippen molar-refractivity contribution in [3.05, 3.63) is 170 Å². The lowest BCUT2D eigenvalue weighted by atomic mass is 10.0. The fourth-order valence-electron chi connectivity index (χ4n) is 11.8. The molecule has 5 unspecified atom stereocenters. The summed E-state index contributed by atoms with van der Waals surface area (Å²) in [6.07, 6.45) is 111. The van der Waals surface area contributed by atoms with Crippen LogP contribution in [0.4, 0.5) is 0 Å². The molecule has 113 heavy (non-hydrogen) atoms. The van der Waals surface area contributed by atoms with Gasteiger partial charge in [0.1, 0.15) is 25.4 Å². The van der Waals surface area contributed by atoms with Crippen LogP contribution in [0.5, 0.6) is 0 Å². The van der Waals surface area contributed by atoms with Gasteiger partial charge in [-0.05, 0) is 148 Å². The van der Waals surface area contributed by atoms with E-state index in [-0.39, 0.29) is 19.3 Å². The third kappa shape index (κ3) is 87.6. The number of aliphatic hydroxyl groups excluding tert-OH is 2. The molecule has 0 spiro atoms. The average Bonchev–Trinajstić information content (AvgIpc) is 0.864. The minimum absolute atomic E-state index is 0.0788. The van der Waals surface area contributed by atoms with Gasteiger partial charge in [-0.25, -0.2) is 9.13 Å². The zero-order valence-electron chi connectivity index (χ0n) is 71.0. The van der Waals surface area contributed by atoms with Crippen LogP contribution in [0.3, 0.4) is 0 Å². The topological polar surface area (TPSA) is 231 Å². The summed E-state index contributed by atoms with van der Waals surface area (Å²) in [6.45, 7) is 2.33. The molecule has 4 N–H and O–H groups in total. The normalized spacial score (nSPS) is 14.6. The Morgan fingerprint density at radius 2 is 0.442 bits per heavy atom. The van der Waals surface area contributed by atoms with Crippen LogP contribution >= 0.6 is 15.6 Å². The van der Waals surface area contributed by atoms with Gasteiger partial charge in [0.2, 0.25) is 0 Å². The highest BCUT2D eigenvalue weighted by Crippen LogP contribution is 2.45. The molecular formula is C95H160O16P2. The molecule has 0 aromatic rings. The highest BCUT2D eigenvalue weighted by molar-refractivity contribution is 7.47. The Labute approximate surface area is 688 Å². The van der Waals surface area contributed by atoms with Crippen LogP contribution in [0.15, 0.2) is 170 Å². The second-order valence-electron chi connectivity index (χ2n) is 29.3. The van der Waals surface area contributed by atoms with Crippen LogP contribution in [-0.2, 0) is 55.8 Å². The number of ether oxygens (including phenoxy) is 3. The molecule has 0 bridgehead atoms. The highest BCUT2D eigenvalue weighted by Gasteiger charge is 2.29. The van der Waals surface area contributed by atoms with Crippen molar-refractivity contribution in [2.45, 2.75) is 373 Å². The highest BCUT2D eigenvalue weighted by atomic mass is 31.2. The fourth-order valence-corrected chi connectivity index (χ4v) is 13.4.